The second kappa shape index (κ2) is 11.9. The predicted octanol–water partition coefficient (Wildman–Crippen LogP) is 8.14. The summed E-state index contributed by atoms with van der Waals surface area (Å²) in [6.45, 7) is 5.98. The molecule has 1 N–H and O–H groups in total. The van der Waals surface area contributed by atoms with E-state index in [1.165, 1.54) is 33.5 Å². The second-order valence-electron chi connectivity index (χ2n) is 8.13. The molecule has 3 aromatic rings. The lowest BCUT2D eigenvalue weighted by Crippen LogP contribution is -2.33. The average Bonchev–Trinajstić information content (AvgIpc) is 2.83. The van der Waals surface area contributed by atoms with Crippen molar-refractivity contribution in [1.82, 2.24) is 5.32 Å². The lowest BCUT2D eigenvalue weighted by Gasteiger charge is -2.16. The Hall–Kier alpha value is -3.30. The summed E-state index contributed by atoms with van der Waals surface area (Å²) in [4.78, 5) is 13.0. The van der Waals surface area contributed by atoms with Crippen molar-refractivity contribution in [3.63, 3.8) is 0 Å². The molecule has 0 bridgehead atoms. The van der Waals surface area contributed by atoms with E-state index in [4.69, 9.17) is 4.74 Å². The van der Waals surface area contributed by atoms with E-state index < -0.39 is 5.66 Å². The highest BCUT2D eigenvalue weighted by atomic mass is 31.0. The Morgan fingerprint density at radius 3 is 2.51 bits per heavy atom. The van der Waals surface area contributed by atoms with Crippen molar-refractivity contribution in [2.45, 2.75) is 38.9 Å². The Morgan fingerprint density at radius 1 is 1.11 bits per heavy atom. The molecule has 0 aliphatic carbocycles. The SMILES string of the molecule is C\C=C/C=C\C(=C\CC)C(C)NC(=O)c1ccc2c(Oc3ccc(C(F)(F)P)cc3)cccc2c1. The van der Waals surface area contributed by atoms with Crippen LogP contribution in [0.3, 0.4) is 0 Å². The third kappa shape index (κ3) is 7.10. The van der Waals surface area contributed by atoms with E-state index in [1.54, 1.807) is 12.1 Å². The van der Waals surface area contributed by atoms with E-state index in [1.807, 2.05) is 62.4 Å². The maximum absolute atomic E-state index is 13.4. The molecule has 0 heterocycles. The van der Waals surface area contributed by atoms with Gasteiger partial charge in [0.25, 0.3) is 11.6 Å². The van der Waals surface area contributed by atoms with Gasteiger partial charge in [0.15, 0.2) is 0 Å². The van der Waals surface area contributed by atoms with Crippen molar-refractivity contribution < 1.29 is 18.3 Å². The summed E-state index contributed by atoms with van der Waals surface area (Å²) >= 11 is 0. The van der Waals surface area contributed by atoms with Gasteiger partial charge in [-0.3, -0.25) is 4.79 Å². The molecule has 182 valence electrons. The van der Waals surface area contributed by atoms with E-state index in [9.17, 15) is 13.6 Å². The quantitative estimate of drug-likeness (QED) is 0.241. The van der Waals surface area contributed by atoms with Gasteiger partial charge >= 0.3 is 0 Å². The Labute approximate surface area is 207 Å². The second-order valence-corrected chi connectivity index (χ2v) is 8.86. The van der Waals surface area contributed by atoms with Crippen LogP contribution in [0.15, 0.2) is 96.6 Å². The molecule has 35 heavy (non-hydrogen) atoms. The van der Waals surface area contributed by atoms with Gasteiger partial charge < -0.3 is 10.1 Å². The number of rotatable bonds is 9. The van der Waals surface area contributed by atoms with Crippen LogP contribution in [0.2, 0.25) is 0 Å². The van der Waals surface area contributed by atoms with Crippen molar-refractivity contribution in [3.05, 3.63) is 108 Å². The zero-order chi connectivity index (χ0) is 25.4. The van der Waals surface area contributed by atoms with Crippen molar-refractivity contribution in [2.24, 2.45) is 0 Å². The van der Waals surface area contributed by atoms with Crippen LogP contribution in [-0.2, 0) is 5.66 Å². The molecule has 3 nitrogen and oxygen atoms in total. The fourth-order valence-corrected chi connectivity index (χ4v) is 3.81. The number of amides is 1. The van der Waals surface area contributed by atoms with E-state index in [-0.39, 0.29) is 17.5 Å². The topological polar surface area (TPSA) is 38.3 Å². The van der Waals surface area contributed by atoms with Gasteiger partial charge in [-0.1, -0.05) is 58.7 Å². The lowest BCUT2D eigenvalue weighted by molar-refractivity contribution is 0.0945. The molecule has 0 fully saturated rings. The maximum atomic E-state index is 13.4. The van der Waals surface area contributed by atoms with Crippen LogP contribution in [0.25, 0.3) is 10.8 Å². The first-order chi connectivity index (χ1) is 16.7. The van der Waals surface area contributed by atoms with Crippen LogP contribution in [0.4, 0.5) is 8.78 Å². The number of fused-ring (bicyclic) bond motifs is 1. The molecule has 0 radical (unpaired) electrons. The fourth-order valence-electron chi connectivity index (χ4n) is 3.62. The van der Waals surface area contributed by atoms with Gasteiger partial charge in [0, 0.05) is 16.5 Å². The van der Waals surface area contributed by atoms with E-state index in [0.717, 1.165) is 22.8 Å². The van der Waals surface area contributed by atoms with Crippen LogP contribution >= 0.6 is 9.24 Å². The first kappa shape index (κ1) is 26.3. The zero-order valence-electron chi connectivity index (χ0n) is 20.1. The van der Waals surface area contributed by atoms with Gasteiger partial charge in [-0.25, -0.2) is 0 Å². The molecular weight excluding hydrogens is 463 g/mol. The number of allylic oxidation sites excluding steroid dienone is 4. The fraction of sp³-hybridized carbons (Fsp3) is 0.207. The first-order valence-corrected chi connectivity index (χ1v) is 12.1. The summed E-state index contributed by atoms with van der Waals surface area (Å²) in [5, 5.41) is 4.73. The summed E-state index contributed by atoms with van der Waals surface area (Å²) in [6.07, 6.45) is 10.8. The molecule has 0 saturated carbocycles. The van der Waals surface area contributed by atoms with Gasteiger partial charge in [-0.15, -0.1) is 0 Å². The number of nitrogens with one attached hydrogen (secondary N) is 1. The van der Waals surface area contributed by atoms with Crippen molar-refractivity contribution >= 4 is 25.9 Å². The molecule has 3 aromatic carbocycles. The summed E-state index contributed by atoms with van der Waals surface area (Å²) in [5.41, 5.74) is -1.50. The van der Waals surface area contributed by atoms with Gasteiger partial charge in [0.1, 0.15) is 11.5 Å². The van der Waals surface area contributed by atoms with Gasteiger partial charge in [-0.2, -0.15) is 8.78 Å². The van der Waals surface area contributed by atoms with E-state index in [0.29, 0.717) is 17.1 Å². The summed E-state index contributed by atoms with van der Waals surface area (Å²) in [7, 11) is 1.53. The summed E-state index contributed by atoms with van der Waals surface area (Å²) < 4.78 is 32.8. The average molecular weight is 494 g/mol. The molecule has 0 aromatic heterocycles. The largest absolute Gasteiger partial charge is 0.457 e. The molecule has 2 atom stereocenters. The third-order valence-corrected chi connectivity index (χ3v) is 5.78. The molecular formula is C29H30F2NO2P. The number of ether oxygens (including phenoxy) is 1. The van der Waals surface area contributed by atoms with E-state index in [2.05, 4.69) is 18.3 Å². The normalized spacial score (nSPS) is 13.5. The molecule has 0 aliphatic heterocycles. The number of carbonyl (C=O) groups excluding carboxylic acids is 1. The van der Waals surface area contributed by atoms with Crippen LogP contribution in [-0.4, -0.2) is 11.9 Å². The minimum absolute atomic E-state index is 0.105. The number of hydrogen-bond donors (Lipinski definition) is 1. The highest BCUT2D eigenvalue weighted by Gasteiger charge is 2.24. The van der Waals surface area contributed by atoms with Crippen molar-refractivity contribution in [1.29, 1.82) is 0 Å². The minimum atomic E-state index is -2.98. The minimum Gasteiger partial charge on any atom is -0.457 e. The number of benzene rings is 3. The summed E-state index contributed by atoms with van der Waals surface area (Å²) in [6, 6.07) is 16.5. The molecule has 6 heteroatoms. The van der Waals surface area contributed by atoms with Gasteiger partial charge in [-0.05, 0) is 79.8 Å². The Morgan fingerprint density at radius 2 is 1.86 bits per heavy atom. The van der Waals surface area contributed by atoms with Gasteiger partial charge in [0.05, 0.1) is 6.04 Å². The molecule has 0 spiro atoms. The van der Waals surface area contributed by atoms with Crippen LogP contribution in [0.5, 0.6) is 11.5 Å². The monoisotopic (exact) mass is 493 g/mol. The number of hydrogen-bond acceptors (Lipinski definition) is 2. The molecule has 1 amide bonds. The maximum Gasteiger partial charge on any atom is 0.283 e. The standard InChI is InChI=1S/C29H30F2NO2P/c1-4-6-7-10-21(9-5-2)20(3)32-28(33)23-13-18-26-22(19-23)11-8-12-27(26)34-25-16-14-24(15-17-25)29(30,31)35/h4,6-20H,5,35H2,1-3H3,(H,32,33)/b6-4-,10-7-,21-9-. The Bertz CT molecular complexity index is 1260. The number of alkyl halides is 2. The van der Waals surface area contributed by atoms with Gasteiger partial charge in [0.2, 0.25) is 0 Å². The molecule has 0 aliphatic rings. The van der Waals surface area contributed by atoms with Crippen molar-refractivity contribution in [3.8, 4) is 11.5 Å². The van der Waals surface area contributed by atoms with E-state index >= 15 is 0 Å². The highest BCUT2D eigenvalue weighted by molar-refractivity contribution is 7.17. The molecule has 2 unspecified atom stereocenters. The van der Waals surface area contributed by atoms with Crippen LogP contribution < -0.4 is 10.1 Å². The predicted molar refractivity (Wildman–Crippen MR) is 143 cm³/mol. The molecule has 0 saturated heterocycles. The Balaban J connectivity index is 1.79. The Kier molecular flexibility index (Phi) is 8.95. The van der Waals surface area contributed by atoms with Crippen LogP contribution in [0.1, 0.15) is 43.1 Å². The first-order valence-electron chi connectivity index (χ1n) is 11.5. The zero-order valence-corrected chi connectivity index (χ0v) is 21.2. The van der Waals surface area contributed by atoms with Crippen LogP contribution in [0, 0.1) is 0 Å². The summed E-state index contributed by atoms with van der Waals surface area (Å²) in [5.74, 6) is 0.865. The van der Waals surface area contributed by atoms with Crippen molar-refractivity contribution in [2.75, 3.05) is 0 Å². The number of carbonyl (C=O) groups is 1. The number of halogens is 2. The lowest BCUT2D eigenvalue weighted by atomic mass is 10.0. The third-order valence-electron chi connectivity index (χ3n) is 5.45. The smallest absolute Gasteiger partial charge is 0.283 e. The highest BCUT2D eigenvalue weighted by Crippen LogP contribution is 2.36. The molecule has 3 rings (SSSR count).